The normalized spacial score (nSPS) is 17.8. The first-order chi connectivity index (χ1) is 21.5. The van der Waals surface area contributed by atoms with Crippen LogP contribution in [0.25, 0.3) is 10.9 Å². The van der Waals surface area contributed by atoms with Crippen LogP contribution < -0.4 is 15.1 Å². The summed E-state index contributed by atoms with van der Waals surface area (Å²) in [7, 11) is 0. The number of unbranched alkanes of at least 4 members (excludes halogenated alkanes) is 2. The highest BCUT2D eigenvalue weighted by atomic mass is 35.5. The van der Waals surface area contributed by atoms with Gasteiger partial charge in [0.2, 0.25) is 0 Å². The molecule has 1 atom stereocenters. The van der Waals surface area contributed by atoms with E-state index in [0.29, 0.717) is 28.7 Å². The van der Waals surface area contributed by atoms with E-state index in [9.17, 15) is 10.1 Å². The molecule has 9 nitrogen and oxygen atoms in total. The van der Waals surface area contributed by atoms with E-state index < -0.39 is 0 Å². The van der Waals surface area contributed by atoms with Gasteiger partial charge in [-0.25, -0.2) is 4.98 Å². The number of nitrogens with one attached hydrogen (secondary N) is 2. The van der Waals surface area contributed by atoms with Gasteiger partial charge in [0.25, 0.3) is 5.91 Å². The van der Waals surface area contributed by atoms with E-state index >= 15 is 0 Å². The van der Waals surface area contributed by atoms with Gasteiger partial charge in [-0.1, -0.05) is 44.4 Å². The highest BCUT2D eigenvalue weighted by molar-refractivity contribution is 6.36. The fraction of sp³-hybridized carbons (Fsp3) is 0.559. The topological polar surface area (TPSA) is 107 Å². The summed E-state index contributed by atoms with van der Waals surface area (Å²) in [6.45, 7) is 9.06. The zero-order valence-corrected chi connectivity index (χ0v) is 26.7. The highest BCUT2D eigenvalue weighted by Crippen LogP contribution is 2.35. The van der Waals surface area contributed by atoms with Gasteiger partial charge in [0.1, 0.15) is 17.6 Å². The number of ether oxygens (including phenoxy) is 2. The molecule has 2 saturated heterocycles. The molecule has 4 heterocycles. The van der Waals surface area contributed by atoms with Gasteiger partial charge in [0.15, 0.2) is 6.29 Å². The molecule has 0 unspecified atom stereocenters. The third-order valence-corrected chi connectivity index (χ3v) is 9.07. The van der Waals surface area contributed by atoms with Crippen LogP contribution in [-0.2, 0) is 9.47 Å². The standard InChI is InChI=1S/C34H45ClN6O3/c1-3-5-19-43-34(44-20-6-4-2)24-14-17-40(18-15-24)30-11-7-10-28(39-30)33(42)38-26-9-8-16-41(23-26)29-13-12-27(35)31-25(21-36)22-37-32(29)31/h7,10-13,22,24,26,34,37H,3-6,8-9,14-20,23H2,1-2H3,(H,38,42)/t26-/m0/s1. The lowest BCUT2D eigenvalue weighted by molar-refractivity contribution is -0.177. The lowest BCUT2D eigenvalue weighted by Gasteiger charge is -2.36. The summed E-state index contributed by atoms with van der Waals surface area (Å²) in [6.07, 6.45) is 9.63. The van der Waals surface area contributed by atoms with Crippen molar-refractivity contribution in [3.8, 4) is 6.07 Å². The first kappa shape index (κ1) is 32.1. The third kappa shape index (κ3) is 7.66. The van der Waals surface area contributed by atoms with E-state index in [-0.39, 0.29) is 18.2 Å². The van der Waals surface area contributed by atoms with Gasteiger partial charge in [0.05, 0.1) is 21.8 Å². The van der Waals surface area contributed by atoms with Crippen LogP contribution in [0.5, 0.6) is 0 Å². The van der Waals surface area contributed by atoms with Gasteiger partial charge < -0.3 is 29.6 Å². The smallest absolute Gasteiger partial charge is 0.270 e. The minimum Gasteiger partial charge on any atom is -0.368 e. The Labute approximate surface area is 265 Å². The molecule has 2 aliphatic rings. The number of benzene rings is 1. The molecule has 0 bridgehead atoms. The number of nitrogens with zero attached hydrogens (tertiary/aromatic N) is 4. The molecule has 1 aromatic carbocycles. The van der Waals surface area contributed by atoms with Crippen molar-refractivity contribution in [2.24, 2.45) is 5.92 Å². The van der Waals surface area contributed by atoms with E-state index in [2.05, 4.69) is 40.0 Å². The largest absolute Gasteiger partial charge is 0.368 e. The van der Waals surface area contributed by atoms with Crippen molar-refractivity contribution < 1.29 is 14.3 Å². The highest BCUT2D eigenvalue weighted by Gasteiger charge is 2.29. The maximum absolute atomic E-state index is 13.4. The molecule has 2 aromatic heterocycles. The Morgan fingerprint density at radius 1 is 1.09 bits per heavy atom. The summed E-state index contributed by atoms with van der Waals surface area (Å²) in [5, 5.41) is 14.0. The third-order valence-electron chi connectivity index (χ3n) is 8.76. The zero-order valence-electron chi connectivity index (χ0n) is 26.0. The van der Waals surface area contributed by atoms with Crippen LogP contribution in [0.15, 0.2) is 36.5 Å². The Hall–Kier alpha value is -3.32. The molecular weight excluding hydrogens is 576 g/mol. The van der Waals surface area contributed by atoms with Crippen LogP contribution >= 0.6 is 11.6 Å². The Kier molecular flexibility index (Phi) is 11.4. The minimum absolute atomic E-state index is 0.0223. The van der Waals surface area contributed by atoms with E-state index in [1.165, 1.54) is 0 Å². The number of nitriles is 1. The van der Waals surface area contributed by atoms with Gasteiger partial charge in [-0.15, -0.1) is 0 Å². The molecule has 3 aromatic rings. The number of fused-ring (bicyclic) bond motifs is 1. The van der Waals surface area contributed by atoms with Crippen LogP contribution in [-0.4, -0.2) is 67.6 Å². The number of halogens is 1. The summed E-state index contributed by atoms with van der Waals surface area (Å²) in [5.74, 6) is 1.04. The minimum atomic E-state index is -0.157. The lowest BCUT2D eigenvalue weighted by Crippen LogP contribution is -2.48. The molecule has 2 aliphatic heterocycles. The number of H-pyrrole nitrogens is 1. The maximum atomic E-state index is 13.4. The zero-order chi connectivity index (χ0) is 30.9. The van der Waals surface area contributed by atoms with Crippen molar-refractivity contribution in [1.29, 1.82) is 5.26 Å². The van der Waals surface area contributed by atoms with Gasteiger partial charge in [0, 0.05) is 62.9 Å². The second-order valence-corrected chi connectivity index (χ2v) is 12.3. The second kappa shape index (κ2) is 15.6. The van der Waals surface area contributed by atoms with Crippen molar-refractivity contribution >= 4 is 39.9 Å². The summed E-state index contributed by atoms with van der Waals surface area (Å²) in [4.78, 5) is 25.9. The van der Waals surface area contributed by atoms with Crippen molar-refractivity contribution in [2.45, 2.75) is 77.5 Å². The molecule has 0 radical (unpaired) electrons. The fourth-order valence-corrected chi connectivity index (χ4v) is 6.51. The number of aromatic amines is 1. The Morgan fingerprint density at radius 3 is 2.55 bits per heavy atom. The summed E-state index contributed by atoms with van der Waals surface area (Å²) >= 11 is 6.43. The Morgan fingerprint density at radius 2 is 1.84 bits per heavy atom. The van der Waals surface area contributed by atoms with Crippen LogP contribution in [0, 0.1) is 17.2 Å². The average molecular weight is 621 g/mol. The van der Waals surface area contributed by atoms with Gasteiger partial charge in [-0.3, -0.25) is 4.79 Å². The summed E-state index contributed by atoms with van der Waals surface area (Å²) < 4.78 is 12.3. The number of anilines is 2. The van der Waals surface area contributed by atoms with Crippen molar-refractivity contribution in [3.63, 3.8) is 0 Å². The number of hydrogen-bond acceptors (Lipinski definition) is 7. The van der Waals surface area contributed by atoms with Crippen LogP contribution in [0.3, 0.4) is 0 Å². The van der Waals surface area contributed by atoms with Gasteiger partial charge in [-0.2, -0.15) is 5.26 Å². The predicted octanol–water partition coefficient (Wildman–Crippen LogP) is 6.66. The first-order valence-electron chi connectivity index (χ1n) is 16.2. The number of carbonyl (C=O) groups is 1. The van der Waals surface area contributed by atoms with Crippen molar-refractivity contribution in [3.05, 3.63) is 52.8 Å². The van der Waals surface area contributed by atoms with Crippen molar-refractivity contribution in [1.82, 2.24) is 15.3 Å². The molecule has 2 N–H and O–H groups in total. The van der Waals surface area contributed by atoms with E-state index in [1.54, 1.807) is 12.3 Å². The summed E-state index contributed by atoms with van der Waals surface area (Å²) in [5.41, 5.74) is 2.80. The molecule has 0 saturated carbocycles. The molecule has 10 heteroatoms. The Bertz CT molecular complexity index is 1420. The van der Waals surface area contributed by atoms with Gasteiger partial charge >= 0.3 is 0 Å². The van der Waals surface area contributed by atoms with Crippen molar-refractivity contribution in [2.75, 3.05) is 49.2 Å². The van der Waals surface area contributed by atoms with E-state index in [1.807, 2.05) is 24.3 Å². The number of aromatic nitrogens is 2. The molecule has 0 aliphatic carbocycles. The number of rotatable bonds is 13. The molecular formula is C34H45ClN6O3. The number of amides is 1. The maximum Gasteiger partial charge on any atom is 0.270 e. The molecule has 1 amide bonds. The number of carbonyl (C=O) groups excluding carboxylic acids is 1. The monoisotopic (exact) mass is 620 g/mol. The number of hydrogen-bond donors (Lipinski definition) is 2. The quantitative estimate of drug-likeness (QED) is 0.162. The molecule has 2 fully saturated rings. The first-order valence-corrected chi connectivity index (χ1v) is 16.6. The molecule has 5 rings (SSSR count). The molecule has 236 valence electrons. The number of piperidine rings is 2. The molecule has 44 heavy (non-hydrogen) atoms. The fourth-order valence-electron chi connectivity index (χ4n) is 6.25. The summed E-state index contributed by atoms with van der Waals surface area (Å²) in [6, 6.07) is 11.7. The number of pyridine rings is 1. The van der Waals surface area contributed by atoms with Crippen LogP contribution in [0.2, 0.25) is 5.02 Å². The second-order valence-electron chi connectivity index (χ2n) is 11.9. The SMILES string of the molecule is CCCCOC(OCCCC)C1CCN(c2cccc(C(=O)N[C@H]3CCCN(c4ccc(Cl)c5c(C#N)c[nH]c45)C3)n2)CC1. The van der Waals surface area contributed by atoms with E-state index in [4.69, 9.17) is 26.1 Å². The predicted molar refractivity (Wildman–Crippen MR) is 175 cm³/mol. The van der Waals surface area contributed by atoms with Gasteiger partial charge in [-0.05, 0) is 62.8 Å². The van der Waals surface area contributed by atoms with Crippen LogP contribution in [0.1, 0.15) is 81.3 Å². The van der Waals surface area contributed by atoms with E-state index in [0.717, 1.165) is 107 Å². The van der Waals surface area contributed by atoms with Crippen LogP contribution in [0.4, 0.5) is 11.5 Å². The average Bonchev–Trinajstić information content (AvgIpc) is 3.50. The molecule has 0 spiro atoms. The lowest BCUT2D eigenvalue weighted by atomic mass is 9.96. The Balaban J connectivity index is 1.18.